The van der Waals surface area contributed by atoms with Gasteiger partial charge < -0.3 is 4.74 Å². The highest BCUT2D eigenvalue weighted by molar-refractivity contribution is 9.10. The van der Waals surface area contributed by atoms with Gasteiger partial charge in [-0.15, -0.1) is 0 Å². The van der Waals surface area contributed by atoms with Crippen LogP contribution in [0.25, 0.3) is 0 Å². The maximum atomic E-state index is 11.5. The van der Waals surface area contributed by atoms with E-state index in [0.717, 1.165) is 10.0 Å². The molecular weight excluding hydrogens is 274 g/mol. The Balaban J connectivity index is 2.34. The van der Waals surface area contributed by atoms with Crippen LogP contribution >= 0.6 is 15.9 Å². The van der Waals surface area contributed by atoms with E-state index in [2.05, 4.69) is 21.2 Å². The number of nitrogens with one attached hydrogen (secondary N) is 1. The van der Waals surface area contributed by atoms with Crippen LogP contribution in [0.5, 0.6) is 5.75 Å². The van der Waals surface area contributed by atoms with Gasteiger partial charge in [0.25, 0.3) is 0 Å². The van der Waals surface area contributed by atoms with Crippen molar-refractivity contribution in [1.82, 2.24) is 5.32 Å². The normalized spacial score (nSPS) is 19.8. The second kappa shape index (κ2) is 4.25. The number of halogens is 1. The summed E-state index contributed by atoms with van der Waals surface area (Å²) < 4.78 is 5.84. The van der Waals surface area contributed by atoms with Gasteiger partial charge in [-0.1, -0.05) is 22.0 Å². The molecule has 5 heteroatoms. The molecule has 1 aliphatic rings. The number of carbonyl (C=O) groups is 2. The predicted octanol–water partition coefficient (Wildman–Crippen LogP) is 1.59. The Morgan fingerprint density at radius 1 is 1.44 bits per heavy atom. The number of rotatable bonds is 2. The van der Waals surface area contributed by atoms with Crippen LogP contribution in [0.1, 0.15) is 17.9 Å². The molecule has 1 fully saturated rings. The zero-order valence-corrected chi connectivity index (χ0v) is 10.2. The number of ether oxygens (including phenoxy) is 1. The Labute approximate surface area is 101 Å². The smallest absolute Gasteiger partial charge is 0.234 e. The monoisotopic (exact) mass is 283 g/mol. The Bertz CT molecular complexity index is 459. The zero-order chi connectivity index (χ0) is 11.7. The fourth-order valence-corrected chi connectivity index (χ4v) is 2.36. The standard InChI is InChI=1S/C11H10BrNO3/c1-16-6-2-3-7(9(12)4-6)8-5-10(14)13-11(8)15/h2-4,8H,5H2,1H3,(H,13,14,15). The van der Waals surface area contributed by atoms with Gasteiger partial charge >= 0.3 is 0 Å². The van der Waals surface area contributed by atoms with Crippen molar-refractivity contribution in [1.29, 1.82) is 0 Å². The summed E-state index contributed by atoms with van der Waals surface area (Å²) in [4.78, 5) is 22.6. The largest absolute Gasteiger partial charge is 0.497 e. The third kappa shape index (κ3) is 1.95. The van der Waals surface area contributed by atoms with Crippen LogP contribution in [0.2, 0.25) is 0 Å². The van der Waals surface area contributed by atoms with Crippen LogP contribution in [-0.4, -0.2) is 18.9 Å². The first-order valence-corrected chi connectivity index (χ1v) is 5.58. The van der Waals surface area contributed by atoms with Crippen molar-refractivity contribution in [2.24, 2.45) is 0 Å². The van der Waals surface area contributed by atoms with Crippen LogP contribution in [0.3, 0.4) is 0 Å². The fourth-order valence-electron chi connectivity index (χ4n) is 1.72. The van der Waals surface area contributed by atoms with Crippen molar-refractivity contribution in [3.8, 4) is 5.75 Å². The molecule has 1 aromatic rings. The summed E-state index contributed by atoms with van der Waals surface area (Å²) >= 11 is 3.37. The first-order valence-electron chi connectivity index (χ1n) is 4.79. The minimum Gasteiger partial charge on any atom is -0.497 e. The Morgan fingerprint density at radius 3 is 2.69 bits per heavy atom. The third-order valence-electron chi connectivity index (χ3n) is 2.55. The van der Waals surface area contributed by atoms with E-state index in [0.29, 0.717) is 5.75 Å². The van der Waals surface area contributed by atoms with E-state index in [1.165, 1.54) is 0 Å². The second-order valence-electron chi connectivity index (χ2n) is 3.56. The maximum Gasteiger partial charge on any atom is 0.234 e. The highest BCUT2D eigenvalue weighted by atomic mass is 79.9. The topological polar surface area (TPSA) is 55.4 Å². The Hall–Kier alpha value is -1.36. The van der Waals surface area contributed by atoms with E-state index in [9.17, 15) is 9.59 Å². The fraction of sp³-hybridized carbons (Fsp3) is 0.273. The van der Waals surface area contributed by atoms with E-state index in [-0.39, 0.29) is 18.2 Å². The highest BCUT2D eigenvalue weighted by Crippen LogP contribution is 2.32. The van der Waals surface area contributed by atoms with Crippen LogP contribution in [0.15, 0.2) is 22.7 Å². The number of methoxy groups -OCH3 is 1. The molecule has 2 amide bonds. The van der Waals surface area contributed by atoms with Crippen molar-refractivity contribution in [2.75, 3.05) is 7.11 Å². The summed E-state index contributed by atoms with van der Waals surface area (Å²) in [6.07, 6.45) is 0.212. The molecule has 0 aliphatic carbocycles. The van der Waals surface area contributed by atoms with E-state index in [1.54, 1.807) is 25.3 Å². The van der Waals surface area contributed by atoms with Crippen molar-refractivity contribution in [2.45, 2.75) is 12.3 Å². The zero-order valence-electron chi connectivity index (χ0n) is 8.62. The lowest BCUT2D eigenvalue weighted by Gasteiger charge is -2.10. The van der Waals surface area contributed by atoms with Crippen LogP contribution in [-0.2, 0) is 9.59 Å². The molecule has 0 spiro atoms. The van der Waals surface area contributed by atoms with Gasteiger partial charge in [0.1, 0.15) is 5.75 Å². The molecule has 1 N–H and O–H groups in total. The first-order chi connectivity index (χ1) is 7.61. The van der Waals surface area contributed by atoms with Crippen LogP contribution in [0, 0.1) is 0 Å². The van der Waals surface area contributed by atoms with Gasteiger partial charge in [-0.25, -0.2) is 0 Å². The number of benzene rings is 1. The third-order valence-corrected chi connectivity index (χ3v) is 3.24. The highest BCUT2D eigenvalue weighted by Gasteiger charge is 2.32. The van der Waals surface area contributed by atoms with E-state index < -0.39 is 5.92 Å². The Morgan fingerprint density at radius 2 is 2.19 bits per heavy atom. The average molecular weight is 284 g/mol. The number of hydrogen-bond acceptors (Lipinski definition) is 3. The SMILES string of the molecule is COc1ccc(C2CC(=O)NC2=O)c(Br)c1. The lowest BCUT2D eigenvalue weighted by atomic mass is 9.97. The van der Waals surface area contributed by atoms with Crippen molar-refractivity contribution in [3.63, 3.8) is 0 Å². The predicted molar refractivity (Wildman–Crippen MR) is 61.2 cm³/mol. The number of amides is 2. The van der Waals surface area contributed by atoms with E-state index in [1.807, 2.05) is 0 Å². The molecule has 1 aromatic carbocycles. The summed E-state index contributed by atoms with van der Waals surface area (Å²) in [6.45, 7) is 0. The van der Waals surface area contributed by atoms with Crippen molar-refractivity contribution < 1.29 is 14.3 Å². The summed E-state index contributed by atoms with van der Waals surface area (Å²) in [5.74, 6) is -0.151. The van der Waals surface area contributed by atoms with Gasteiger partial charge in [0, 0.05) is 10.9 Å². The molecule has 0 saturated carbocycles. The minimum atomic E-state index is -0.396. The van der Waals surface area contributed by atoms with Crippen molar-refractivity contribution >= 4 is 27.7 Å². The summed E-state index contributed by atoms with van der Waals surface area (Å²) in [5.41, 5.74) is 0.809. The Kier molecular flexibility index (Phi) is 2.96. The number of imide groups is 1. The minimum absolute atomic E-state index is 0.212. The van der Waals surface area contributed by atoms with Crippen molar-refractivity contribution in [3.05, 3.63) is 28.2 Å². The lowest BCUT2D eigenvalue weighted by molar-refractivity contribution is -0.125. The molecule has 4 nitrogen and oxygen atoms in total. The molecule has 0 radical (unpaired) electrons. The number of carbonyl (C=O) groups excluding carboxylic acids is 2. The summed E-state index contributed by atoms with van der Waals surface area (Å²) in [6, 6.07) is 5.35. The van der Waals surface area contributed by atoms with Crippen LogP contribution < -0.4 is 10.1 Å². The summed E-state index contributed by atoms with van der Waals surface area (Å²) in [5, 5.41) is 2.29. The molecule has 1 aliphatic heterocycles. The van der Waals surface area contributed by atoms with Gasteiger partial charge in [0.2, 0.25) is 11.8 Å². The number of hydrogen-bond donors (Lipinski definition) is 1. The molecule has 0 bridgehead atoms. The molecule has 16 heavy (non-hydrogen) atoms. The molecule has 0 aromatic heterocycles. The van der Waals surface area contributed by atoms with Gasteiger partial charge in [0.15, 0.2) is 0 Å². The lowest BCUT2D eigenvalue weighted by Crippen LogP contribution is -2.21. The molecular formula is C11H10BrNO3. The van der Waals surface area contributed by atoms with E-state index >= 15 is 0 Å². The quantitative estimate of drug-likeness (QED) is 0.839. The molecule has 1 unspecified atom stereocenters. The molecule has 1 heterocycles. The molecule has 84 valence electrons. The van der Waals surface area contributed by atoms with E-state index in [4.69, 9.17) is 4.74 Å². The molecule has 1 atom stereocenters. The molecule has 1 saturated heterocycles. The molecule has 2 rings (SSSR count). The van der Waals surface area contributed by atoms with Gasteiger partial charge in [0.05, 0.1) is 13.0 Å². The first kappa shape index (κ1) is 11.1. The maximum absolute atomic E-state index is 11.5. The van der Waals surface area contributed by atoms with Gasteiger partial charge in [-0.05, 0) is 17.7 Å². The van der Waals surface area contributed by atoms with Crippen LogP contribution in [0.4, 0.5) is 0 Å². The summed E-state index contributed by atoms with van der Waals surface area (Å²) in [7, 11) is 1.58. The van der Waals surface area contributed by atoms with Gasteiger partial charge in [-0.3, -0.25) is 14.9 Å². The second-order valence-corrected chi connectivity index (χ2v) is 4.41. The average Bonchev–Trinajstić information content (AvgIpc) is 2.57. The van der Waals surface area contributed by atoms with Gasteiger partial charge in [-0.2, -0.15) is 0 Å².